The molecule has 1 aromatic heterocycles. The van der Waals surface area contributed by atoms with Gasteiger partial charge in [0.25, 0.3) is 0 Å². The summed E-state index contributed by atoms with van der Waals surface area (Å²) in [5, 5.41) is 0. The van der Waals surface area contributed by atoms with E-state index in [1.807, 2.05) is 50.7 Å². The summed E-state index contributed by atoms with van der Waals surface area (Å²) in [6.07, 6.45) is 4.46. The number of carbonyl (C=O) groups is 1. The highest BCUT2D eigenvalue weighted by atomic mass is 32.2. The number of ether oxygens (including phenoxy) is 1. The zero-order valence-electron chi connectivity index (χ0n) is 22.8. The lowest BCUT2D eigenvalue weighted by atomic mass is 9.93. The van der Waals surface area contributed by atoms with E-state index in [9.17, 15) is 4.79 Å². The first kappa shape index (κ1) is 31.2. The van der Waals surface area contributed by atoms with Crippen LogP contribution in [-0.4, -0.2) is 33.9 Å². The molecule has 0 aliphatic rings. The van der Waals surface area contributed by atoms with E-state index in [-0.39, 0.29) is 5.92 Å². The topological polar surface area (TPSA) is 44.1 Å². The van der Waals surface area contributed by atoms with Crippen LogP contribution in [0.3, 0.4) is 0 Å². The van der Waals surface area contributed by atoms with E-state index in [1.165, 1.54) is 12.2 Å². The van der Waals surface area contributed by atoms with Crippen molar-refractivity contribution in [2.75, 3.05) is 18.6 Å². The minimum Gasteiger partial charge on any atom is -0.496 e. The molecule has 1 heterocycles. The Morgan fingerprint density at radius 1 is 1.12 bits per heavy atom. The third-order valence-electron chi connectivity index (χ3n) is 5.83. The number of rotatable bonds is 11. The second-order valence-corrected chi connectivity index (χ2v) is 9.54. The van der Waals surface area contributed by atoms with Gasteiger partial charge in [0.15, 0.2) is 0 Å². The van der Waals surface area contributed by atoms with Gasteiger partial charge in [-0.05, 0) is 37.1 Å². The summed E-state index contributed by atoms with van der Waals surface area (Å²) >= 11 is 1.82. The largest absolute Gasteiger partial charge is 0.496 e. The molecule has 1 aromatic carbocycles. The van der Waals surface area contributed by atoms with Gasteiger partial charge in [0, 0.05) is 35.9 Å². The van der Waals surface area contributed by atoms with Crippen molar-refractivity contribution in [1.82, 2.24) is 9.55 Å². The summed E-state index contributed by atoms with van der Waals surface area (Å²) in [7, 11) is 1.71. The molecule has 0 fully saturated rings. The number of aromatic nitrogens is 2. The van der Waals surface area contributed by atoms with Crippen LogP contribution >= 0.6 is 11.8 Å². The van der Waals surface area contributed by atoms with Crippen LogP contribution in [0.2, 0.25) is 0 Å². The van der Waals surface area contributed by atoms with Gasteiger partial charge in [-0.1, -0.05) is 73.9 Å². The maximum atomic E-state index is 10.6. The SMILES string of the molecule is CC.CCCn1cc(-c2ccccc2OC)nc1C(C)C(C)CC.CCSC[C@H](C)C(C)=O. The number of hydrogen-bond acceptors (Lipinski definition) is 4. The summed E-state index contributed by atoms with van der Waals surface area (Å²) in [5.41, 5.74) is 2.08. The van der Waals surface area contributed by atoms with Crippen LogP contribution in [0.15, 0.2) is 30.5 Å². The summed E-state index contributed by atoms with van der Waals surface area (Å²) in [6.45, 7) is 19.8. The molecule has 0 aliphatic carbocycles. The predicted octanol–water partition coefficient (Wildman–Crippen LogP) is 8.11. The van der Waals surface area contributed by atoms with E-state index < -0.39 is 0 Å². The van der Waals surface area contributed by atoms with Gasteiger partial charge in [0.1, 0.15) is 17.4 Å². The van der Waals surface area contributed by atoms with Crippen molar-refractivity contribution in [2.45, 2.75) is 87.6 Å². The molecule has 2 aromatic rings. The van der Waals surface area contributed by atoms with Crippen LogP contribution in [0.1, 0.15) is 86.9 Å². The Balaban J connectivity index is 0.000000786. The molecule has 0 saturated carbocycles. The van der Waals surface area contributed by atoms with Crippen LogP contribution in [-0.2, 0) is 11.3 Å². The number of carbonyl (C=O) groups excluding carboxylic acids is 1. The van der Waals surface area contributed by atoms with Gasteiger partial charge >= 0.3 is 0 Å². The summed E-state index contributed by atoms with van der Waals surface area (Å²) in [5.74, 6) is 5.79. The summed E-state index contributed by atoms with van der Waals surface area (Å²) in [4.78, 5) is 15.6. The number of para-hydroxylation sites is 1. The van der Waals surface area contributed by atoms with Crippen LogP contribution < -0.4 is 4.74 Å². The maximum Gasteiger partial charge on any atom is 0.133 e. The predicted molar refractivity (Wildman–Crippen MR) is 147 cm³/mol. The van der Waals surface area contributed by atoms with Crippen molar-refractivity contribution in [3.63, 3.8) is 0 Å². The van der Waals surface area contributed by atoms with Crippen molar-refractivity contribution in [3.05, 3.63) is 36.3 Å². The molecule has 0 aliphatic heterocycles. The van der Waals surface area contributed by atoms with Crippen molar-refractivity contribution in [3.8, 4) is 17.0 Å². The molecule has 0 bridgehead atoms. The van der Waals surface area contributed by atoms with Crippen molar-refractivity contribution in [1.29, 1.82) is 0 Å². The first-order chi connectivity index (χ1) is 15.8. The molecule has 188 valence electrons. The number of imidazole rings is 1. The molecule has 0 amide bonds. The van der Waals surface area contributed by atoms with E-state index in [0.29, 0.717) is 17.6 Å². The third-order valence-corrected chi connectivity index (χ3v) is 6.97. The van der Waals surface area contributed by atoms with Crippen LogP contribution in [0.4, 0.5) is 0 Å². The van der Waals surface area contributed by atoms with Gasteiger partial charge in [-0.25, -0.2) is 4.98 Å². The minimum absolute atomic E-state index is 0.245. The normalized spacial score (nSPS) is 13.0. The molecule has 2 rings (SSSR count). The number of Topliss-reactive ketones (excluding diaryl/α,β-unsaturated/α-hetero) is 1. The van der Waals surface area contributed by atoms with E-state index in [4.69, 9.17) is 9.72 Å². The highest BCUT2D eigenvalue weighted by molar-refractivity contribution is 7.99. The monoisotopic (exact) mass is 476 g/mol. The van der Waals surface area contributed by atoms with Crippen LogP contribution in [0, 0.1) is 11.8 Å². The van der Waals surface area contributed by atoms with Gasteiger partial charge in [0.05, 0.1) is 12.8 Å². The molecule has 5 heteroatoms. The number of hydrogen-bond donors (Lipinski definition) is 0. The molecule has 0 N–H and O–H groups in total. The molecule has 3 atom stereocenters. The Bertz CT molecular complexity index is 788. The van der Waals surface area contributed by atoms with E-state index in [2.05, 4.69) is 51.4 Å². The van der Waals surface area contributed by atoms with E-state index in [0.717, 1.165) is 41.5 Å². The fourth-order valence-corrected chi connectivity index (χ4v) is 4.04. The summed E-state index contributed by atoms with van der Waals surface area (Å²) < 4.78 is 7.81. The van der Waals surface area contributed by atoms with E-state index >= 15 is 0 Å². The Kier molecular flexibility index (Phi) is 16.8. The smallest absolute Gasteiger partial charge is 0.133 e. The molecule has 4 nitrogen and oxygen atoms in total. The minimum atomic E-state index is 0.245. The highest BCUT2D eigenvalue weighted by Gasteiger charge is 2.20. The molecule has 0 radical (unpaired) electrons. The number of methoxy groups -OCH3 is 1. The Labute approximate surface area is 207 Å². The number of aryl methyl sites for hydroxylation is 1. The Hall–Kier alpha value is -1.75. The van der Waals surface area contributed by atoms with Crippen LogP contribution in [0.25, 0.3) is 11.3 Å². The van der Waals surface area contributed by atoms with Crippen molar-refractivity contribution in [2.24, 2.45) is 11.8 Å². The lowest BCUT2D eigenvalue weighted by Crippen LogP contribution is -2.12. The standard InChI is InChI=1S/C19H28N2O.C7H14OS.C2H6/c1-6-12-21-13-17(16-10-8-9-11-18(16)22-5)20-19(21)15(4)14(3)7-2;1-4-9-5-6(2)7(3)8;1-2/h8-11,13-15H,6-7,12H2,1-5H3;6H,4-5H2,1-3H3;1-2H3/t;6-;/m.0./s1. The fraction of sp³-hybridized carbons (Fsp3) is 0.643. The summed E-state index contributed by atoms with van der Waals surface area (Å²) in [6, 6.07) is 8.10. The van der Waals surface area contributed by atoms with Gasteiger partial charge in [-0.3, -0.25) is 4.79 Å². The number of ketones is 1. The number of benzene rings is 1. The maximum absolute atomic E-state index is 10.6. The molecule has 0 saturated heterocycles. The lowest BCUT2D eigenvalue weighted by Gasteiger charge is -2.19. The Morgan fingerprint density at radius 2 is 1.76 bits per heavy atom. The molecule has 0 spiro atoms. The second-order valence-electron chi connectivity index (χ2n) is 8.22. The molecule has 2 unspecified atom stereocenters. The Morgan fingerprint density at radius 3 is 2.27 bits per heavy atom. The lowest BCUT2D eigenvalue weighted by molar-refractivity contribution is -0.119. The zero-order valence-corrected chi connectivity index (χ0v) is 23.6. The zero-order chi connectivity index (χ0) is 25.4. The molecular formula is C28H48N2O2S. The number of nitrogens with zero attached hydrogens (tertiary/aromatic N) is 2. The molecular weight excluding hydrogens is 428 g/mol. The fourth-order valence-electron chi connectivity index (χ4n) is 3.22. The average molecular weight is 477 g/mol. The quantitative estimate of drug-likeness (QED) is 0.328. The van der Waals surface area contributed by atoms with Crippen LogP contribution in [0.5, 0.6) is 5.75 Å². The van der Waals surface area contributed by atoms with Gasteiger partial charge in [-0.15, -0.1) is 0 Å². The third kappa shape index (κ3) is 10.4. The van der Waals surface area contributed by atoms with E-state index in [1.54, 1.807) is 14.0 Å². The average Bonchev–Trinajstić information content (AvgIpc) is 3.26. The highest BCUT2D eigenvalue weighted by Crippen LogP contribution is 2.32. The van der Waals surface area contributed by atoms with Crippen molar-refractivity contribution >= 4 is 17.5 Å². The van der Waals surface area contributed by atoms with Gasteiger partial charge < -0.3 is 9.30 Å². The van der Waals surface area contributed by atoms with Gasteiger partial charge in [-0.2, -0.15) is 11.8 Å². The second kappa shape index (κ2) is 17.7. The number of thioether (sulfide) groups is 1. The molecule has 33 heavy (non-hydrogen) atoms. The first-order valence-corrected chi connectivity index (χ1v) is 13.7. The van der Waals surface area contributed by atoms with Gasteiger partial charge in [0.2, 0.25) is 0 Å². The first-order valence-electron chi connectivity index (χ1n) is 12.6. The van der Waals surface area contributed by atoms with Crippen molar-refractivity contribution < 1.29 is 9.53 Å².